The van der Waals surface area contributed by atoms with E-state index >= 15 is 0 Å². The average Bonchev–Trinajstić information content (AvgIpc) is 2.41. The number of aromatic carboxylic acids is 1. The molecule has 0 saturated heterocycles. The van der Waals surface area contributed by atoms with Gasteiger partial charge in [0, 0.05) is 18.5 Å². The molecule has 0 aromatic carbocycles. The molecule has 0 aliphatic carbocycles. The van der Waals surface area contributed by atoms with Gasteiger partial charge in [0.05, 0.1) is 18.3 Å². The molecule has 2 aromatic heterocycles. The van der Waals surface area contributed by atoms with Crippen LogP contribution in [-0.4, -0.2) is 27.2 Å². The van der Waals surface area contributed by atoms with Crippen molar-refractivity contribution in [3.63, 3.8) is 0 Å². The smallest absolute Gasteiger partial charge is 0.337 e. The summed E-state index contributed by atoms with van der Waals surface area (Å²) >= 11 is 0. The van der Waals surface area contributed by atoms with Crippen LogP contribution in [0.3, 0.4) is 0 Å². The van der Waals surface area contributed by atoms with E-state index in [1.54, 1.807) is 18.3 Å². The summed E-state index contributed by atoms with van der Waals surface area (Å²) in [6, 6.07) is 6.28. The van der Waals surface area contributed by atoms with Gasteiger partial charge in [0.1, 0.15) is 12.4 Å². The lowest BCUT2D eigenvalue weighted by Gasteiger charge is -2.07. The highest BCUT2D eigenvalue weighted by Crippen LogP contribution is 2.10. The Kier molecular flexibility index (Phi) is 3.92. The van der Waals surface area contributed by atoms with Crippen LogP contribution in [0.5, 0.6) is 5.75 Å². The van der Waals surface area contributed by atoms with Crippen LogP contribution in [0, 0.1) is 0 Å². The molecule has 6 heteroatoms. The van der Waals surface area contributed by atoms with Crippen molar-refractivity contribution in [3.05, 3.63) is 58.8 Å². The molecule has 0 amide bonds. The van der Waals surface area contributed by atoms with Crippen LogP contribution in [-0.2, 0) is 6.54 Å². The van der Waals surface area contributed by atoms with Crippen molar-refractivity contribution in [3.8, 4) is 5.75 Å². The molecular weight excluding hydrogens is 248 g/mol. The molecule has 0 fully saturated rings. The number of hydrogen-bond donors (Lipinski definition) is 1. The van der Waals surface area contributed by atoms with Gasteiger partial charge in [0.15, 0.2) is 0 Å². The Morgan fingerprint density at radius 3 is 2.95 bits per heavy atom. The molecule has 6 nitrogen and oxygen atoms in total. The standard InChI is InChI=1S/C13H12N2O4/c16-12-3-1-2-4-15(12)5-6-19-11-7-10(13(17)18)8-14-9-11/h1-4,7-9H,5-6H2,(H,17,18). The SMILES string of the molecule is O=C(O)c1cncc(OCCn2ccccc2=O)c1. The van der Waals surface area contributed by atoms with E-state index in [0.29, 0.717) is 12.3 Å². The molecule has 0 atom stereocenters. The normalized spacial score (nSPS) is 10.1. The van der Waals surface area contributed by atoms with Gasteiger partial charge in [-0.1, -0.05) is 6.07 Å². The Labute approximate surface area is 108 Å². The lowest BCUT2D eigenvalue weighted by molar-refractivity contribution is 0.0696. The lowest BCUT2D eigenvalue weighted by Crippen LogP contribution is -2.21. The van der Waals surface area contributed by atoms with E-state index in [2.05, 4.69) is 4.98 Å². The molecule has 0 aliphatic rings. The molecule has 0 unspecified atom stereocenters. The summed E-state index contributed by atoms with van der Waals surface area (Å²) in [4.78, 5) is 25.9. The van der Waals surface area contributed by atoms with Gasteiger partial charge in [0.2, 0.25) is 0 Å². The first-order valence-corrected chi connectivity index (χ1v) is 5.63. The zero-order valence-corrected chi connectivity index (χ0v) is 10.0. The molecule has 2 heterocycles. The van der Waals surface area contributed by atoms with E-state index in [0.717, 1.165) is 0 Å². The summed E-state index contributed by atoms with van der Waals surface area (Å²) < 4.78 is 6.88. The van der Waals surface area contributed by atoms with Gasteiger partial charge in [0.25, 0.3) is 5.56 Å². The van der Waals surface area contributed by atoms with Crippen LogP contribution >= 0.6 is 0 Å². The molecule has 0 spiro atoms. The average molecular weight is 260 g/mol. The van der Waals surface area contributed by atoms with Crippen LogP contribution in [0.4, 0.5) is 0 Å². The highest BCUT2D eigenvalue weighted by molar-refractivity contribution is 5.87. The number of rotatable bonds is 5. The first-order valence-electron chi connectivity index (χ1n) is 5.63. The van der Waals surface area contributed by atoms with E-state index in [-0.39, 0.29) is 17.7 Å². The number of carboxylic acid groups (broad SMARTS) is 1. The van der Waals surface area contributed by atoms with Crippen molar-refractivity contribution in [1.82, 2.24) is 9.55 Å². The van der Waals surface area contributed by atoms with Gasteiger partial charge >= 0.3 is 5.97 Å². The van der Waals surface area contributed by atoms with Gasteiger partial charge in [-0.2, -0.15) is 0 Å². The second-order valence-electron chi connectivity index (χ2n) is 3.80. The topological polar surface area (TPSA) is 81.4 Å². The molecule has 2 rings (SSSR count). The van der Waals surface area contributed by atoms with Crippen molar-refractivity contribution in [2.24, 2.45) is 0 Å². The van der Waals surface area contributed by atoms with Gasteiger partial charge in [-0.15, -0.1) is 0 Å². The third-order valence-electron chi connectivity index (χ3n) is 2.46. The number of ether oxygens (including phenoxy) is 1. The molecule has 2 aromatic rings. The number of aromatic nitrogens is 2. The summed E-state index contributed by atoms with van der Waals surface area (Å²) in [5.41, 5.74) is -0.0436. The molecule has 1 N–H and O–H groups in total. The van der Waals surface area contributed by atoms with Crippen molar-refractivity contribution in [2.45, 2.75) is 6.54 Å². The van der Waals surface area contributed by atoms with Gasteiger partial charge in [-0.25, -0.2) is 4.79 Å². The molecule has 98 valence electrons. The number of hydrogen-bond acceptors (Lipinski definition) is 4. The monoisotopic (exact) mass is 260 g/mol. The minimum absolute atomic E-state index is 0.0642. The number of carbonyl (C=O) groups is 1. The highest BCUT2D eigenvalue weighted by atomic mass is 16.5. The quantitative estimate of drug-likeness (QED) is 0.868. The predicted octanol–water partition coefficient (Wildman–Crippen LogP) is 1.02. The first kappa shape index (κ1) is 12.8. The maximum atomic E-state index is 11.4. The van der Waals surface area contributed by atoms with E-state index in [4.69, 9.17) is 9.84 Å². The van der Waals surface area contributed by atoms with Gasteiger partial charge < -0.3 is 14.4 Å². The zero-order valence-electron chi connectivity index (χ0n) is 10.0. The zero-order chi connectivity index (χ0) is 13.7. The lowest BCUT2D eigenvalue weighted by atomic mass is 10.3. The summed E-state index contributed by atoms with van der Waals surface area (Å²) in [6.07, 6.45) is 4.34. The summed E-state index contributed by atoms with van der Waals surface area (Å²) in [6.45, 7) is 0.644. The Morgan fingerprint density at radius 1 is 1.37 bits per heavy atom. The van der Waals surface area contributed by atoms with Crippen LogP contribution in [0.1, 0.15) is 10.4 Å². The molecular formula is C13H12N2O4. The summed E-state index contributed by atoms with van der Waals surface area (Å²) in [5.74, 6) is -0.693. The van der Waals surface area contributed by atoms with E-state index < -0.39 is 5.97 Å². The van der Waals surface area contributed by atoms with Crippen molar-refractivity contribution in [1.29, 1.82) is 0 Å². The molecule has 0 saturated carbocycles. The maximum Gasteiger partial charge on any atom is 0.337 e. The van der Waals surface area contributed by atoms with Gasteiger partial charge in [-0.05, 0) is 12.1 Å². The molecule has 19 heavy (non-hydrogen) atoms. The number of carboxylic acids is 1. The molecule has 0 bridgehead atoms. The van der Waals surface area contributed by atoms with E-state index in [1.807, 2.05) is 0 Å². The van der Waals surface area contributed by atoms with Crippen molar-refractivity contribution < 1.29 is 14.6 Å². The van der Waals surface area contributed by atoms with Crippen LogP contribution in [0.25, 0.3) is 0 Å². The second kappa shape index (κ2) is 5.81. The Balaban J connectivity index is 1.96. The van der Waals surface area contributed by atoms with Crippen molar-refractivity contribution >= 4 is 5.97 Å². The molecule has 0 aliphatic heterocycles. The van der Waals surface area contributed by atoms with E-state index in [9.17, 15) is 9.59 Å². The minimum atomic E-state index is -1.06. The first-order chi connectivity index (χ1) is 9.16. The largest absolute Gasteiger partial charge is 0.490 e. The summed E-state index contributed by atoms with van der Waals surface area (Å²) in [5, 5.41) is 8.81. The van der Waals surface area contributed by atoms with Crippen LogP contribution < -0.4 is 10.3 Å². The van der Waals surface area contributed by atoms with Crippen molar-refractivity contribution in [2.75, 3.05) is 6.61 Å². The number of nitrogens with zero attached hydrogens (tertiary/aromatic N) is 2. The number of pyridine rings is 2. The Hall–Kier alpha value is -2.63. The maximum absolute atomic E-state index is 11.4. The fourth-order valence-electron chi connectivity index (χ4n) is 1.52. The predicted molar refractivity (Wildman–Crippen MR) is 67.4 cm³/mol. The fourth-order valence-corrected chi connectivity index (χ4v) is 1.52. The minimum Gasteiger partial charge on any atom is -0.490 e. The summed E-state index contributed by atoms with van der Waals surface area (Å²) in [7, 11) is 0. The van der Waals surface area contributed by atoms with Crippen LogP contribution in [0.15, 0.2) is 47.7 Å². The second-order valence-corrected chi connectivity index (χ2v) is 3.80. The van der Waals surface area contributed by atoms with E-state index in [1.165, 1.54) is 29.1 Å². The third-order valence-corrected chi connectivity index (χ3v) is 2.46. The third kappa shape index (κ3) is 3.41. The Bertz CT molecular complexity index is 636. The van der Waals surface area contributed by atoms with Gasteiger partial charge in [-0.3, -0.25) is 9.78 Å². The van der Waals surface area contributed by atoms with Crippen LogP contribution in [0.2, 0.25) is 0 Å². The highest BCUT2D eigenvalue weighted by Gasteiger charge is 2.04. The Morgan fingerprint density at radius 2 is 2.21 bits per heavy atom. The fraction of sp³-hybridized carbons (Fsp3) is 0.154. The molecule has 0 radical (unpaired) electrons.